The highest BCUT2D eigenvalue weighted by Crippen LogP contribution is 2.23. The Morgan fingerprint density at radius 1 is 1.47 bits per heavy atom. The number of carboxylic acid groups (broad SMARTS) is 1. The summed E-state index contributed by atoms with van der Waals surface area (Å²) in [5, 5.41) is 11.2. The molecule has 0 spiro atoms. The zero-order chi connectivity index (χ0) is 11.4. The third-order valence-corrected chi connectivity index (χ3v) is 2.32. The number of aromatic carboxylic acids is 1. The number of benzene rings is 1. The fourth-order valence-electron chi connectivity index (χ4n) is 0.933. The van der Waals surface area contributed by atoms with Crippen LogP contribution in [-0.2, 0) is 4.79 Å². The van der Waals surface area contributed by atoms with Gasteiger partial charge in [-0.25, -0.2) is 4.79 Å². The van der Waals surface area contributed by atoms with E-state index in [0.29, 0.717) is 10.2 Å². The second-order valence-electron chi connectivity index (χ2n) is 2.69. The number of carbonyl (C=O) groups is 2. The molecule has 0 fully saturated rings. The SMILES string of the molecule is C=CC(=O)Nc1ccc(C(=O)O)cc1Br. The van der Waals surface area contributed by atoms with E-state index in [4.69, 9.17) is 5.11 Å². The molecule has 4 nitrogen and oxygen atoms in total. The first-order valence-corrected chi connectivity index (χ1v) is 4.80. The molecule has 0 unspecified atom stereocenters. The molecule has 0 saturated heterocycles. The Kier molecular flexibility index (Phi) is 3.62. The van der Waals surface area contributed by atoms with Crippen LogP contribution in [0.25, 0.3) is 0 Å². The number of hydrogen-bond acceptors (Lipinski definition) is 2. The van der Waals surface area contributed by atoms with Gasteiger partial charge in [-0.1, -0.05) is 6.58 Å². The number of anilines is 1. The third kappa shape index (κ3) is 2.92. The largest absolute Gasteiger partial charge is 0.478 e. The first kappa shape index (κ1) is 11.5. The lowest BCUT2D eigenvalue weighted by Crippen LogP contribution is -2.08. The van der Waals surface area contributed by atoms with Crippen molar-refractivity contribution in [3.63, 3.8) is 0 Å². The van der Waals surface area contributed by atoms with Crippen molar-refractivity contribution in [3.05, 3.63) is 40.9 Å². The van der Waals surface area contributed by atoms with Crippen LogP contribution in [-0.4, -0.2) is 17.0 Å². The highest BCUT2D eigenvalue weighted by atomic mass is 79.9. The van der Waals surface area contributed by atoms with Crippen LogP contribution < -0.4 is 5.32 Å². The van der Waals surface area contributed by atoms with E-state index in [-0.39, 0.29) is 11.5 Å². The van der Waals surface area contributed by atoms with Gasteiger partial charge in [0.1, 0.15) is 0 Å². The summed E-state index contributed by atoms with van der Waals surface area (Å²) in [7, 11) is 0. The molecule has 0 heterocycles. The van der Waals surface area contributed by atoms with Gasteiger partial charge >= 0.3 is 5.97 Å². The fourth-order valence-corrected chi connectivity index (χ4v) is 1.41. The lowest BCUT2D eigenvalue weighted by atomic mass is 10.2. The molecule has 1 aromatic rings. The molecular formula is C10H8BrNO3. The van der Waals surface area contributed by atoms with Crippen LogP contribution >= 0.6 is 15.9 Å². The molecule has 0 bridgehead atoms. The van der Waals surface area contributed by atoms with Crippen LogP contribution in [0.1, 0.15) is 10.4 Å². The zero-order valence-electron chi connectivity index (χ0n) is 7.66. The van der Waals surface area contributed by atoms with Crippen LogP contribution in [0.5, 0.6) is 0 Å². The van der Waals surface area contributed by atoms with Crippen molar-refractivity contribution in [2.75, 3.05) is 5.32 Å². The van der Waals surface area contributed by atoms with Gasteiger partial charge in [0, 0.05) is 4.47 Å². The molecular weight excluding hydrogens is 262 g/mol. The lowest BCUT2D eigenvalue weighted by molar-refractivity contribution is -0.111. The van der Waals surface area contributed by atoms with Crippen LogP contribution in [0.3, 0.4) is 0 Å². The van der Waals surface area contributed by atoms with Crippen molar-refractivity contribution >= 4 is 33.5 Å². The average molecular weight is 270 g/mol. The van der Waals surface area contributed by atoms with Crippen LogP contribution in [0, 0.1) is 0 Å². The molecule has 1 rings (SSSR count). The van der Waals surface area contributed by atoms with E-state index >= 15 is 0 Å². The van der Waals surface area contributed by atoms with Crippen LogP contribution in [0.4, 0.5) is 5.69 Å². The van der Waals surface area contributed by atoms with Gasteiger partial charge in [0.2, 0.25) is 5.91 Å². The van der Waals surface area contributed by atoms with Gasteiger partial charge in [-0.3, -0.25) is 4.79 Å². The highest BCUT2D eigenvalue weighted by molar-refractivity contribution is 9.10. The quantitative estimate of drug-likeness (QED) is 0.828. The minimum atomic E-state index is -1.02. The predicted molar refractivity (Wildman–Crippen MR) is 59.9 cm³/mol. The van der Waals surface area contributed by atoms with E-state index in [1.807, 2.05) is 0 Å². The van der Waals surface area contributed by atoms with E-state index < -0.39 is 5.97 Å². The summed E-state index contributed by atoms with van der Waals surface area (Å²) in [6, 6.07) is 4.34. The molecule has 0 aliphatic carbocycles. The second kappa shape index (κ2) is 4.75. The monoisotopic (exact) mass is 269 g/mol. The van der Waals surface area contributed by atoms with Crippen molar-refractivity contribution in [2.45, 2.75) is 0 Å². The smallest absolute Gasteiger partial charge is 0.335 e. The summed E-state index contributed by atoms with van der Waals surface area (Å²) in [6.45, 7) is 3.31. The van der Waals surface area contributed by atoms with Gasteiger partial charge in [-0.15, -0.1) is 0 Å². The van der Waals surface area contributed by atoms with E-state index in [1.165, 1.54) is 18.2 Å². The van der Waals surface area contributed by atoms with E-state index in [9.17, 15) is 9.59 Å². The predicted octanol–water partition coefficient (Wildman–Crippen LogP) is 2.27. The van der Waals surface area contributed by atoms with Gasteiger partial charge in [0.05, 0.1) is 11.3 Å². The second-order valence-corrected chi connectivity index (χ2v) is 3.55. The molecule has 2 N–H and O–H groups in total. The Balaban J connectivity index is 2.98. The van der Waals surface area contributed by atoms with Crippen molar-refractivity contribution in [2.24, 2.45) is 0 Å². The van der Waals surface area contributed by atoms with Crippen LogP contribution in [0.2, 0.25) is 0 Å². The van der Waals surface area contributed by atoms with Gasteiger partial charge < -0.3 is 10.4 Å². The molecule has 78 valence electrons. The maximum absolute atomic E-state index is 11.0. The summed E-state index contributed by atoms with van der Waals surface area (Å²) in [6.07, 6.45) is 1.14. The first-order valence-electron chi connectivity index (χ1n) is 4.01. The van der Waals surface area contributed by atoms with Crippen molar-refractivity contribution < 1.29 is 14.7 Å². The number of hydrogen-bond donors (Lipinski definition) is 2. The average Bonchev–Trinajstić information content (AvgIpc) is 2.20. The van der Waals surface area contributed by atoms with Crippen molar-refractivity contribution in [1.82, 2.24) is 0 Å². The van der Waals surface area contributed by atoms with E-state index in [2.05, 4.69) is 27.8 Å². The Morgan fingerprint density at radius 2 is 2.13 bits per heavy atom. The number of nitrogens with one attached hydrogen (secondary N) is 1. The number of amides is 1. The lowest BCUT2D eigenvalue weighted by Gasteiger charge is -2.05. The topological polar surface area (TPSA) is 66.4 Å². The van der Waals surface area contributed by atoms with Crippen molar-refractivity contribution in [3.8, 4) is 0 Å². The highest BCUT2D eigenvalue weighted by Gasteiger charge is 2.07. The Morgan fingerprint density at radius 3 is 2.60 bits per heavy atom. The molecule has 0 aliphatic rings. The van der Waals surface area contributed by atoms with Crippen molar-refractivity contribution in [1.29, 1.82) is 0 Å². The molecule has 0 atom stereocenters. The number of carbonyl (C=O) groups excluding carboxylic acids is 1. The fraction of sp³-hybridized carbons (Fsp3) is 0. The van der Waals surface area contributed by atoms with Crippen LogP contribution in [0.15, 0.2) is 35.3 Å². The summed E-state index contributed by atoms with van der Waals surface area (Å²) in [5.41, 5.74) is 0.656. The number of carboxylic acids is 1. The van der Waals surface area contributed by atoms with E-state index in [0.717, 1.165) is 6.08 Å². The minimum absolute atomic E-state index is 0.151. The molecule has 15 heavy (non-hydrogen) atoms. The molecule has 0 aromatic heterocycles. The summed E-state index contributed by atoms with van der Waals surface area (Å²) >= 11 is 3.16. The Bertz CT molecular complexity index is 429. The maximum Gasteiger partial charge on any atom is 0.335 e. The Hall–Kier alpha value is -1.62. The summed E-state index contributed by atoms with van der Waals surface area (Å²) in [4.78, 5) is 21.6. The molecule has 0 aliphatic heterocycles. The molecule has 0 radical (unpaired) electrons. The minimum Gasteiger partial charge on any atom is -0.478 e. The van der Waals surface area contributed by atoms with Gasteiger partial charge in [-0.2, -0.15) is 0 Å². The van der Waals surface area contributed by atoms with Gasteiger partial charge in [-0.05, 0) is 40.2 Å². The number of rotatable bonds is 3. The van der Waals surface area contributed by atoms with E-state index in [1.54, 1.807) is 0 Å². The standard InChI is InChI=1S/C10H8BrNO3/c1-2-9(13)12-8-4-3-6(10(14)15)5-7(8)11/h2-5H,1H2,(H,12,13)(H,14,15). The third-order valence-electron chi connectivity index (χ3n) is 1.66. The first-order chi connectivity index (χ1) is 7.04. The maximum atomic E-state index is 11.0. The molecule has 0 saturated carbocycles. The molecule has 1 aromatic carbocycles. The Labute approximate surface area is 94.7 Å². The summed E-state index contributed by atoms with van der Waals surface area (Å²) < 4.78 is 0.512. The van der Waals surface area contributed by atoms with Gasteiger partial charge in [0.15, 0.2) is 0 Å². The molecule has 5 heteroatoms. The summed E-state index contributed by atoms with van der Waals surface area (Å²) in [5.74, 6) is -1.36. The zero-order valence-corrected chi connectivity index (χ0v) is 9.24. The number of halogens is 1. The molecule has 1 amide bonds. The normalized spacial score (nSPS) is 9.40. The van der Waals surface area contributed by atoms with Gasteiger partial charge in [0.25, 0.3) is 0 Å².